The largest absolute Gasteiger partial charge is 0.481 e. The zero-order valence-electron chi connectivity index (χ0n) is 14.1. The highest BCUT2D eigenvalue weighted by molar-refractivity contribution is 6.06. The first-order chi connectivity index (χ1) is 12.2. The molecule has 2 heterocycles. The lowest BCUT2D eigenvalue weighted by molar-refractivity contribution is -0.0737. The molecule has 1 aliphatic rings. The second-order valence-corrected chi connectivity index (χ2v) is 5.81. The molecule has 1 amide bonds. The number of hydrogen-bond donors (Lipinski definition) is 2. The average molecular weight is 346 g/mol. The molecule has 0 bridgehead atoms. The zero-order valence-corrected chi connectivity index (χ0v) is 14.1. The summed E-state index contributed by atoms with van der Waals surface area (Å²) in [6, 6.07) is 8.91. The summed E-state index contributed by atoms with van der Waals surface area (Å²) in [5.41, 5.74) is 1.21. The van der Waals surface area contributed by atoms with E-state index in [0.29, 0.717) is 36.6 Å². The Labute approximate surface area is 145 Å². The van der Waals surface area contributed by atoms with E-state index in [9.17, 15) is 4.79 Å². The third-order valence-electron chi connectivity index (χ3n) is 4.19. The van der Waals surface area contributed by atoms with Crippen molar-refractivity contribution in [3.05, 3.63) is 35.9 Å². The van der Waals surface area contributed by atoms with Crippen LogP contribution in [0.5, 0.6) is 5.88 Å². The van der Waals surface area contributed by atoms with Gasteiger partial charge in [0.1, 0.15) is 6.10 Å². The summed E-state index contributed by atoms with van der Waals surface area (Å²) >= 11 is 0. The minimum atomic E-state index is -0.278. The van der Waals surface area contributed by atoms with Gasteiger partial charge in [-0.15, -0.1) is 0 Å². The van der Waals surface area contributed by atoms with E-state index in [2.05, 4.69) is 10.3 Å². The van der Waals surface area contributed by atoms with E-state index in [1.165, 1.54) is 7.11 Å². The molecule has 2 aromatic rings. The van der Waals surface area contributed by atoms with Crippen LogP contribution in [0, 0.1) is 0 Å². The summed E-state index contributed by atoms with van der Waals surface area (Å²) in [6.07, 6.45) is 0.377. The lowest BCUT2D eigenvalue weighted by Gasteiger charge is -2.32. The molecule has 0 spiro atoms. The second kappa shape index (κ2) is 8.24. The van der Waals surface area contributed by atoms with Crippen molar-refractivity contribution >= 4 is 16.8 Å². The molecule has 0 radical (unpaired) electrons. The number of hydrogen-bond acceptors (Lipinski definition) is 6. The lowest BCUT2D eigenvalue weighted by Crippen LogP contribution is -2.50. The van der Waals surface area contributed by atoms with Crippen LogP contribution in [-0.2, 0) is 9.47 Å². The van der Waals surface area contributed by atoms with Crippen molar-refractivity contribution in [2.24, 2.45) is 0 Å². The highest BCUT2D eigenvalue weighted by Gasteiger charge is 2.28. The van der Waals surface area contributed by atoms with Crippen molar-refractivity contribution in [2.45, 2.75) is 18.6 Å². The minimum Gasteiger partial charge on any atom is -0.481 e. The molecule has 2 unspecified atom stereocenters. The van der Waals surface area contributed by atoms with Crippen LogP contribution in [0.1, 0.15) is 16.8 Å². The molecule has 1 aromatic carbocycles. The number of nitrogens with zero attached hydrogens (tertiary/aromatic N) is 1. The van der Waals surface area contributed by atoms with Gasteiger partial charge in [0.05, 0.1) is 44.1 Å². The first-order valence-corrected chi connectivity index (χ1v) is 8.27. The van der Waals surface area contributed by atoms with E-state index in [1.807, 2.05) is 24.3 Å². The predicted octanol–water partition coefficient (Wildman–Crippen LogP) is 1.14. The molecule has 0 aliphatic carbocycles. The van der Waals surface area contributed by atoms with Gasteiger partial charge in [-0.3, -0.25) is 4.79 Å². The SMILES string of the molecule is COc1cc(C(=O)NC2CCOCC2OCCO)c2ccccc2n1. The molecule has 25 heavy (non-hydrogen) atoms. The van der Waals surface area contributed by atoms with Crippen LogP contribution in [0.3, 0.4) is 0 Å². The number of ether oxygens (including phenoxy) is 3. The molecule has 7 heteroatoms. The Morgan fingerprint density at radius 1 is 1.44 bits per heavy atom. The van der Waals surface area contributed by atoms with Crippen LogP contribution in [0.2, 0.25) is 0 Å². The van der Waals surface area contributed by atoms with E-state index >= 15 is 0 Å². The van der Waals surface area contributed by atoms with E-state index in [-0.39, 0.29) is 31.3 Å². The molecule has 3 rings (SSSR count). The maximum atomic E-state index is 12.9. The number of benzene rings is 1. The number of para-hydroxylation sites is 1. The Bertz CT molecular complexity index is 736. The topological polar surface area (TPSA) is 89.9 Å². The Morgan fingerprint density at radius 3 is 3.08 bits per heavy atom. The number of carbonyl (C=O) groups is 1. The summed E-state index contributed by atoms with van der Waals surface area (Å²) in [5, 5.41) is 12.7. The Balaban J connectivity index is 1.83. The van der Waals surface area contributed by atoms with Crippen LogP contribution in [0.4, 0.5) is 0 Å². The molecule has 1 aliphatic heterocycles. The van der Waals surface area contributed by atoms with Gasteiger partial charge in [0.2, 0.25) is 5.88 Å². The number of rotatable bonds is 6. The van der Waals surface area contributed by atoms with Crippen molar-refractivity contribution in [3.63, 3.8) is 0 Å². The van der Waals surface area contributed by atoms with Gasteiger partial charge in [0, 0.05) is 18.1 Å². The van der Waals surface area contributed by atoms with E-state index in [1.54, 1.807) is 6.07 Å². The van der Waals surface area contributed by atoms with Crippen molar-refractivity contribution < 1.29 is 24.1 Å². The molecule has 2 atom stereocenters. The Morgan fingerprint density at radius 2 is 2.28 bits per heavy atom. The highest BCUT2D eigenvalue weighted by Crippen LogP contribution is 2.22. The van der Waals surface area contributed by atoms with Gasteiger partial charge < -0.3 is 24.6 Å². The summed E-state index contributed by atoms with van der Waals surface area (Å²) in [4.78, 5) is 17.2. The minimum absolute atomic E-state index is 0.0661. The Hall–Kier alpha value is -2.22. The van der Waals surface area contributed by atoms with Gasteiger partial charge in [-0.05, 0) is 12.5 Å². The van der Waals surface area contributed by atoms with E-state index in [0.717, 1.165) is 5.39 Å². The van der Waals surface area contributed by atoms with E-state index in [4.69, 9.17) is 19.3 Å². The fourth-order valence-electron chi connectivity index (χ4n) is 2.93. The number of amides is 1. The Kier molecular flexibility index (Phi) is 5.80. The maximum absolute atomic E-state index is 12.9. The van der Waals surface area contributed by atoms with Gasteiger partial charge in [0.15, 0.2) is 0 Å². The third kappa shape index (κ3) is 4.07. The standard InChI is InChI=1S/C18H22N2O5/c1-23-17-10-13(12-4-2-3-5-14(12)19-17)18(22)20-15-6-8-24-11-16(15)25-9-7-21/h2-5,10,15-16,21H,6-9,11H2,1H3,(H,20,22). The number of aliphatic hydroxyl groups excluding tert-OH is 1. The average Bonchev–Trinajstić information content (AvgIpc) is 2.66. The number of aromatic nitrogens is 1. The van der Waals surface area contributed by atoms with Crippen LogP contribution in [-0.4, -0.2) is 61.7 Å². The molecule has 2 N–H and O–H groups in total. The predicted molar refractivity (Wildman–Crippen MR) is 91.8 cm³/mol. The van der Waals surface area contributed by atoms with Crippen LogP contribution >= 0.6 is 0 Å². The molecule has 1 aromatic heterocycles. The van der Waals surface area contributed by atoms with Crippen LogP contribution < -0.4 is 10.1 Å². The smallest absolute Gasteiger partial charge is 0.252 e. The number of aliphatic hydroxyl groups is 1. The van der Waals surface area contributed by atoms with Crippen molar-refractivity contribution in [3.8, 4) is 5.88 Å². The second-order valence-electron chi connectivity index (χ2n) is 5.81. The van der Waals surface area contributed by atoms with Crippen LogP contribution in [0.25, 0.3) is 10.9 Å². The summed E-state index contributed by atoms with van der Waals surface area (Å²) in [7, 11) is 1.52. The number of pyridine rings is 1. The summed E-state index contributed by atoms with van der Waals surface area (Å²) < 4.78 is 16.2. The molecule has 134 valence electrons. The van der Waals surface area contributed by atoms with Gasteiger partial charge in [0.25, 0.3) is 5.91 Å². The quantitative estimate of drug-likeness (QED) is 0.815. The molecule has 1 saturated heterocycles. The molecule has 0 saturated carbocycles. The molecular weight excluding hydrogens is 324 g/mol. The third-order valence-corrected chi connectivity index (χ3v) is 4.19. The zero-order chi connectivity index (χ0) is 17.6. The van der Waals surface area contributed by atoms with Crippen molar-refractivity contribution in [1.29, 1.82) is 0 Å². The monoisotopic (exact) mass is 346 g/mol. The molecule has 1 fully saturated rings. The number of carbonyl (C=O) groups excluding carboxylic acids is 1. The fraction of sp³-hybridized carbons (Fsp3) is 0.444. The van der Waals surface area contributed by atoms with Crippen molar-refractivity contribution in [1.82, 2.24) is 10.3 Å². The fourth-order valence-corrected chi connectivity index (χ4v) is 2.93. The molecule has 7 nitrogen and oxygen atoms in total. The summed E-state index contributed by atoms with van der Waals surface area (Å²) in [6.45, 7) is 1.10. The maximum Gasteiger partial charge on any atom is 0.252 e. The lowest BCUT2D eigenvalue weighted by atomic mass is 10.0. The van der Waals surface area contributed by atoms with Crippen LogP contribution in [0.15, 0.2) is 30.3 Å². The van der Waals surface area contributed by atoms with Gasteiger partial charge in [-0.25, -0.2) is 4.98 Å². The highest BCUT2D eigenvalue weighted by atomic mass is 16.5. The first kappa shape index (κ1) is 17.6. The molecular formula is C18H22N2O5. The van der Waals surface area contributed by atoms with Gasteiger partial charge in [-0.2, -0.15) is 0 Å². The normalized spacial score (nSPS) is 20.4. The summed E-state index contributed by atoms with van der Waals surface area (Å²) in [5.74, 6) is 0.185. The van der Waals surface area contributed by atoms with Gasteiger partial charge >= 0.3 is 0 Å². The van der Waals surface area contributed by atoms with Gasteiger partial charge in [-0.1, -0.05) is 18.2 Å². The first-order valence-electron chi connectivity index (χ1n) is 8.27. The number of methoxy groups -OCH3 is 1. The van der Waals surface area contributed by atoms with E-state index < -0.39 is 0 Å². The number of nitrogens with one attached hydrogen (secondary N) is 1. The number of fused-ring (bicyclic) bond motifs is 1. The van der Waals surface area contributed by atoms with Crippen molar-refractivity contribution in [2.75, 3.05) is 33.5 Å².